The van der Waals surface area contributed by atoms with E-state index in [9.17, 15) is 28.8 Å². The summed E-state index contributed by atoms with van der Waals surface area (Å²) in [6.07, 6.45) is -1.52. The maximum atomic E-state index is 15.7. The van der Waals surface area contributed by atoms with Gasteiger partial charge < -0.3 is 19.1 Å². The minimum absolute atomic E-state index is 0.0693. The highest BCUT2D eigenvalue weighted by Crippen LogP contribution is 2.47. The SMILES string of the molecule is CC(C)OC(=O)[C@H](C)NP(=O)(OC[C@H]1O[C@@H](n2ccc(=O)[nH]c2=O)[C@](C)(F)[C@@H]1O)Oc1cccc(C(=O)C=Cc2ccccc2)c1. The van der Waals surface area contributed by atoms with E-state index in [1.807, 2.05) is 35.3 Å². The average Bonchev–Trinajstić information content (AvgIpc) is 3.22. The van der Waals surface area contributed by atoms with Gasteiger partial charge in [-0.25, -0.2) is 13.8 Å². The van der Waals surface area contributed by atoms with Crippen LogP contribution in [0.4, 0.5) is 4.39 Å². The number of ether oxygens (including phenoxy) is 2. The van der Waals surface area contributed by atoms with Crippen LogP contribution in [0.3, 0.4) is 0 Å². The third-order valence-corrected chi connectivity index (χ3v) is 8.50. The van der Waals surface area contributed by atoms with Crippen LogP contribution in [0.1, 0.15) is 49.8 Å². The van der Waals surface area contributed by atoms with Crippen LogP contribution in [0.2, 0.25) is 0 Å². The number of esters is 1. The summed E-state index contributed by atoms with van der Waals surface area (Å²) in [4.78, 5) is 51.1. The standard InChI is InChI=1S/C31H35FN3O10P/c1-19(2)43-28(39)20(3)34-46(41,45-23-12-8-11-22(17-23)24(36)14-13-21-9-6-5-7-10-21)42-18-25-27(38)31(4,32)29(44-25)35-16-15-26(37)33-30(35)40/h5-17,19-20,25,27,29,38H,18H2,1-4H3,(H,34,41)(H,33,37,40)/t20-,25+,27+,29+,31+,46?/m0/s1. The lowest BCUT2D eigenvalue weighted by Crippen LogP contribution is -2.43. The van der Waals surface area contributed by atoms with E-state index in [-0.39, 0.29) is 17.1 Å². The van der Waals surface area contributed by atoms with Crippen LogP contribution in [0, 0.1) is 0 Å². The van der Waals surface area contributed by atoms with Crippen LogP contribution in [0.25, 0.3) is 6.08 Å². The third-order valence-electron chi connectivity index (χ3n) is 6.86. The summed E-state index contributed by atoms with van der Waals surface area (Å²) in [5.41, 5.74) is -3.24. The van der Waals surface area contributed by atoms with Crippen molar-refractivity contribution in [3.63, 3.8) is 0 Å². The minimum atomic E-state index is -4.55. The number of aliphatic hydroxyl groups is 1. The van der Waals surface area contributed by atoms with Crippen molar-refractivity contribution in [3.8, 4) is 5.75 Å². The number of halogens is 1. The second-order valence-corrected chi connectivity index (χ2v) is 12.7. The summed E-state index contributed by atoms with van der Waals surface area (Å²) in [6.45, 7) is 4.87. The molecule has 2 heterocycles. The van der Waals surface area contributed by atoms with Crippen molar-refractivity contribution in [3.05, 3.63) is 105 Å². The van der Waals surface area contributed by atoms with E-state index >= 15 is 4.39 Å². The molecule has 0 aliphatic carbocycles. The van der Waals surface area contributed by atoms with Crippen molar-refractivity contribution < 1.29 is 42.2 Å². The Balaban J connectivity index is 1.56. The number of aromatic nitrogens is 2. The summed E-state index contributed by atoms with van der Waals surface area (Å²) in [5.74, 6) is -1.22. The van der Waals surface area contributed by atoms with Crippen LogP contribution in [-0.4, -0.2) is 63.0 Å². The van der Waals surface area contributed by atoms with Crippen LogP contribution in [-0.2, 0) is 23.4 Å². The molecule has 1 unspecified atom stereocenters. The number of H-pyrrole nitrogens is 1. The molecule has 3 N–H and O–H groups in total. The molecule has 13 nitrogen and oxygen atoms in total. The minimum Gasteiger partial charge on any atom is -0.462 e. The third kappa shape index (κ3) is 8.53. The first-order valence-electron chi connectivity index (χ1n) is 14.3. The van der Waals surface area contributed by atoms with E-state index < -0.39 is 67.8 Å². The van der Waals surface area contributed by atoms with E-state index in [0.717, 1.165) is 29.3 Å². The number of hydrogen-bond donors (Lipinski definition) is 3. The number of nitrogens with zero attached hydrogens (tertiary/aromatic N) is 1. The van der Waals surface area contributed by atoms with Crippen molar-refractivity contribution >= 4 is 25.6 Å². The number of carbonyl (C=O) groups excluding carboxylic acids is 2. The summed E-state index contributed by atoms with van der Waals surface area (Å²) < 4.78 is 52.5. The monoisotopic (exact) mass is 659 g/mol. The van der Waals surface area contributed by atoms with Gasteiger partial charge in [-0.1, -0.05) is 48.5 Å². The molecule has 15 heteroatoms. The van der Waals surface area contributed by atoms with Crippen molar-refractivity contribution in [2.75, 3.05) is 6.61 Å². The summed E-state index contributed by atoms with van der Waals surface area (Å²) >= 11 is 0. The van der Waals surface area contributed by atoms with Crippen molar-refractivity contribution in [2.45, 2.75) is 63.9 Å². The van der Waals surface area contributed by atoms with Crippen LogP contribution >= 0.6 is 7.75 Å². The fourth-order valence-corrected chi connectivity index (χ4v) is 6.02. The smallest absolute Gasteiger partial charge is 0.459 e. The number of allylic oxidation sites excluding steroid dienone is 1. The lowest BCUT2D eigenvalue weighted by molar-refractivity contribution is -0.149. The Morgan fingerprint density at radius 3 is 2.54 bits per heavy atom. The molecule has 0 saturated carbocycles. The molecule has 4 rings (SSSR count). The van der Waals surface area contributed by atoms with Gasteiger partial charge in [0.1, 0.15) is 24.0 Å². The lowest BCUT2D eigenvalue weighted by atomic mass is 9.98. The summed E-state index contributed by atoms with van der Waals surface area (Å²) in [6, 6.07) is 14.7. The molecule has 1 aliphatic rings. The Hall–Kier alpha value is -4.20. The first kappa shape index (κ1) is 34.7. The van der Waals surface area contributed by atoms with Gasteiger partial charge in [0.05, 0.1) is 12.7 Å². The average molecular weight is 660 g/mol. The van der Waals surface area contributed by atoms with Gasteiger partial charge in [0.25, 0.3) is 5.56 Å². The molecule has 1 saturated heterocycles. The predicted molar refractivity (Wildman–Crippen MR) is 165 cm³/mol. The van der Waals surface area contributed by atoms with Crippen LogP contribution in [0.15, 0.2) is 82.5 Å². The Morgan fingerprint density at radius 2 is 1.87 bits per heavy atom. The maximum Gasteiger partial charge on any atom is 0.459 e. The van der Waals surface area contributed by atoms with Crippen molar-refractivity contribution in [2.24, 2.45) is 0 Å². The van der Waals surface area contributed by atoms with Gasteiger partial charge >= 0.3 is 19.4 Å². The fourth-order valence-electron chi connectivity index (χ4n) is 4.53. The Labute approximate surface area is 263 Å². The molecule has 1 aliphatic heterocycles. The summed E-state index contributed by atoms with van der Waals surface area (Å²) in [7, 11) is -4.55. The number of rotatable bonds is 13. The number of nitrogens with one attached hydrogen (secondary N) is 2. The van der Waals surface area contributed by atoms with Gasteiger partial charge in [-0.15, -0.1) is 0 Å². The Morgan fingerprint density at radius 1 is 1.15 bits per heavy atom. The van der Waals surface area contributed by atoms with Gasteiger partial charge in [0.2, 0.25) is 0 Å². The highest BCUT2D eigenvalue weighted by Gasteiger charge is 2.56. The Bertz CT molecular complexity index is 1740. The number of alkyl halides is 1. The quantitative estimate of drug-likeness (QED) is 0.106. The molecular weight excluding hydrogens is 624 g/mol. The fraction of sp³-hybridized carbons (Fsp3) is 0.355. The maximum absolute atomic E-state index is 15.7. The molecule has 0 bridgehead atoms. The van der Waals surface area contributed by atoms with Crippen LogP contribution < -0.4 is 20.9 Å². The molecule has 0 amide bonds. The van der Waals surface area contributed by atoms with Crippen LogP contribution in [0.5, 0.6) is 5.75 Å². The van der Waals surface area contributed by atoms with E-state index in [1.54, 1.807) is 19.9 Å². The first-order chi connectivity index (χ1) is 21.7. The molecule has 6 atom stereocenters. The molecular formula is C31H35FN3O10P. The highest BCUT2D eigenvalue weighted by molar-refractivity contribution is 7.52. The van der Waals surface area contributed by atoms with Crippen molar-refractivity contribution in [1.29, 1.82) is 0 Å². The zero-order valence-electron chi connectivity index (χ0n) is 25.5. The van der Waals surface area contributed by atoms with Gasteiger partial charge in [0, 0.05) is 17.8 Å². The second-order valence-electron chi connectivity index (χ2n) is 11.0. The number of carbonyl (C=O) groups is 2. The largest absolute Gasteiger partial charge is 0.462 e. The molecule has 46 heavy (non-hydrogen) atoms. The number of benzene rings is 2. The molecule has 246 valence electrons. The van der Waals surface area contributed by atoms with Gasteiger partial charge in [-0.2, -0.15) is 5.09 Å². The van der Waals surface area contributed by atoms with E-state index in [2.05, 4.69) is 5.09 Å². The number of hydrogen-bond acceptors (Lipinski definition) is 10. The predicted octanol–water partition coefficient (Wildman–Crippen LogP) is 3.55. The second kappa shape index (κ2) is 14.5. The normalized spacial score (nSPS) is 23.2. The van der Waals surface area contributed by atoms with Crippen molar-refractivity contribution in [1.82, 2.24) is 14.6 Å². The lowest BCUT2D eigenvalue weighted by Gasteiger charge is -2.25. The van der Waals surface area contributed by atoms with Gasteiger partial charge in [0.15, 0.2) is 17.7 Å². The molecule has 2 aromatic carbocycles. The zero-order chi connectivity index (χ0) is 33.6. The topological polar surface area (TPSA) is 175 Å². The zero-order valence-corrected chi connectivity index (χ0v) is 26.4. The first-order valence-corrected chi connectivity index (χ1v) is 15.9. The number of aliphatic hydroxyl groups excluding tert-OH is 1. The summed E-state index contributed by atoms with van der Waals surface area (Å²) in [5, 5.41) is 13.2. The molecule has 0 spiro atoms. The van der Waals surface area contributed by atoms with Gasteiger partial charge in [-0.05, 0) is 51.5 Å². The highest BCUT2D eigenvalue weighted by atomic mass is 31.2. The number of aromatic amines is 1. The molecule has 1 aromatic heterocycles. The molecule has 3 aromatic rings. The number of ketones is 1. The van der Waals surface area contributed by atoms with E-state index in [1.165, 1.54) is 37.3 Å². The van der Waals surface area contributed by atoms with Gasteiger partial charge in [-0.3, -0.25) is 28.5 Å². The van der Waals surface area contributed by atoms with E-state index in [0.29, 0.717) is 0 Å². The van der Waals surface area contributed by atoms with E-state index in [4.69, 9.17) is 18.5 Å². The molecule has 0 radical (unpaired) electrons. The Kier molecular flexibility index (Phi) is 10.9. The molecule has 1 fully saturated rings.